The summed E-state index contributed by atoms with van der Waals surface area (Å²) in [6.45, 7) is 2.92. The second kappa shape index (κ2) is 6.89. The van der Waals surface area contributed by atoms with E-state index in [1.807, 2.05) is 19.1 Å². The summed E-state index contributed by atoms with van der Waals surface area (Å²) in [7, 11) is 3.74. The number of benzene rings is 1. The second-order valence-electron chi connectivity index (χ2n) is 4.89. The number of aryl methyl sites for hydroxylation is 2. The van der Waals surface area contributed by atoms with Gasteiger partial charge in [0.2, 0.25) is 0 Å². The minimum atomic E-state index is 0.904. The van der Waals surface area contributed by atoms with Crippen LogP contribution in [-0.2, 0) is 6.42 Å². The van der Waals surface area contributed by atoms with Crippen molar-refractivity contribution in [3.8, 4) is 5.75 Å². The zero-order chi connectivity index (χ0) is 14.4. The molecule has 0 aliphatic rings. The number of hydrogen-bond acceptors (Lipinski definition) is 4. The Kier molecular flexibility index (Phi) is 4.93. The van der Waals surface area contributed by atoms with Crippen molar-refractivity contribution in [3.63, 3.8) is 0 Å². The average molecular weight is 271 g/mol. The van der Waals surface area contributed by atoms with Crippen molar-refractivity contribution in [2.75, 3.05) is 25.6 Å². The standard InChI is InChI=1S/C16H21N3O/c1-13-11-17-12-16(18-13)19(2)10-4-5-14-6-8-15(20-3)9-7-14/h6-9,11-12H,4-5,10H2,1-3H3. The van der Waals surface area contributed by atoms with Gasteiger partial charge in [-0.05, 0) is 37.5 Å². The molecule has 0 bridgehead atoms. The van der Waals surface area contributed by atoms with Gasteiger partial charge >= 0.3 is 0 Å². The van der Waals surface area contributed by atoms with Crippen LogP contribution >= 0.6 is 0 Å². The zero-order valence-electron chi connectivity index (χ0n) is 12.3. The maximum Gasteiger partial charge on any atom is 0.147 e. The molecule has 2 aromatic rings. The molecule has 1 aromatic carbocycles. The van der Waals surface area contributed by atoms with E-state index in [9.17, 15) is 0 Å². The van der Waals surface area contributed by atoms with Crippen molar-refractivity contribution in [1.29, 1.82) is 0 Å². The summed E-state index contributed by atoms with van der Waals surface area (Å²) in [6, 6.07) is 8.24. The lowest BCUT2D eigenvalue weighted by atomic mass is 10.1. The van der Waals surface area contributed by atoms with E-state index in [0.29, 0.717) is 0 Å². The molecule has 1 aromatic heterocycles. The minimum Gasteiger partial charge on any atom is -0.497 e. The maximum atomic E-state index is 5.16. The normalized spacial score (nSPS) is 10.3. The fraction of sp³-hybridized carbons (Fsp3) is 0.375. The Hall–Kier alpha value is -2.10. The van der Waals surface area contributed by atoms with Crippen LogP contribution in [0.2, 0.25) is 0 Å². The van der Waals surface area contributed by atoms with Crippen molar-refractivity contribution in [2.45, 2.75) is 19.8 Å². The summed E-state index contributed by atoms with van der Waals surface area (Å²) in [4.78, 5) is 10.8. The van der Waals surface area contributed by atoms with Crippen LogP contribution in [-0.4, -0.2) is 30.7 Å². The summed E-state index contributed by atoms with van der Waals surface area (Å²) in [5.41, 5.74) is 2.28. The van der Waals surface area contributed by atoms with E-state index in [2.05, 4.69) is 34.0 Å². The first-order chi connectivity index (χ1) is 9.69. The van der Waals surface area contributed by atoms with Crippen molar-refractivity contribution < 1.29 is 4.74 Å². The molecule has 0 N–H and O–H groups in total. The number of rotatable bonds is 6. The molecule has 0 spiro atoms. The number of aromatic nitrogens is 2. The number of nitrogens with zero attached hydrogens (tertiary/aromatic N) is 3. The van der Waals surface area contributed by atoms with E-state index in [4.69, 9.17) is 4.74 Å². The fourth-order valence-electron chi connectivity index (χ4n) is 2.06. The van der Waals surface area contributed by atoms with Gasteiger partial charge in [-0.15, -0.1) is 0 Å². The predicted molar refractivity (Wildman–Crippen MR) is 81.4 cm³/mol. The quantitative estimate of drug-likeness (QED) is 0.809. The molecule has 20 heavy (non-hydrogen) atoms. The molecule has 0 aliphatic heterocycles. The van der Waals surface area contributed by atoms with Gasteiger partial charge in [0.1, 0.15) is 11.6 Å². The van der Waals surface area contributed by atoms with Gasteiger partial charge in [0.25, 0.3) is 0 Å². The molecule has 0 radical (unpaired) electrons. The van der Waals surface area contributed by atoms with Crippen molar-refractivity contribution >= 4 is 5.82 Å². The summed E-state index contributed by atoms with van der Waals surface area (Å²) in [6.07, 6.45) is 5.71. The third kappa shape index (κ3) is 3.95. The Morgan fingerprint density at radius 3 is 2.55 bits per heavy atom. The van der Waals surface area contributed by atoms with Gasteiger partial charge in [-0.1, -0.05) is 12.1 Å². The van der Waals surface area contributed by atoms with Gasteiger partial charge in [0, 0.05) is 19.8 Å². The van der Waals surface area contributed by atoms with Crippen LogP contribution < -0.4 is 9.64 Å². The molecule has 4 nitrogen and oxygen atoms in total. The summed E-state index contributed by atoms with van der Waals surface area (Å²) < 4.78 is 5.16. The molecular weight excluding hydrogens is 250 g/mol. The third-order valence-corrected chi connectivity index (χ3v) is 3.25. The van der Waals surface area contributed by atoms with Gasteiger partial charge in [0.05, 0.1) is 19.0 Å². The van der Waals surface area contributed by atoms with E-state index < -0.39 is 0 Å². The molecule has 0 aliphatic carbocycles. The van der Waals surface area contributed by atoms with Crippen LogP contribution in [0.1, 0.15) is 17.7 Å². The molecule has 106 valence electrons. The summed E-state index contributed by atoms with van der Waals surface area (Å²) >= 11 is 0. The Labute approximate surface area is 120 Å². The number of methoxy groups -OCH3 is 1. The van der Waals surface area contributed by atoms with Crippen LogP contribution in [0.25, 0.3) is 0 Å². The van der Waals surface area contributed by atoms with Crippen LogP contribution in [0.4, 0.5) is 5.82 Å². The van der Waals surface area contributed by atoms with E-state index in [1.165, 1.54) is 5.56 Å². The third-order valence-electron chi connectivity index (χ3n) is 3.25. The maximum absolute atomic E-state index is 5.16. The number of anilines is 1. The van der Waals surface area contributed by atoms with Gasteiger partial charge in [-0.3, -0.25) is 4.98 Å². The fourth-order valence-corrected chi connectivity index (χ4v) is 2.06. The lowest BCUT2D eigenvalue weighted by Gasteiger charge is -2.17. The zero-order valence-corrected chi connectivity index (χ0v) is 12.3. The highest BCUT2D eigenvalue weighted by Gasteiger charge is 2.03. The number of hydrogen-bond donors (Lipinski definition) is 0. The molecule has 0 saturated carbocycles. The highest BCUT2D eigenvalue weighted by Crippen LogP contribution is 2.13. The first-order valence-electron chi connectivity index (χ1n) is 6.82. The van der Waals surface area contributed by atoms with Gasteiger partial charge in [0.15, 0.2) is 0 Å². The second-order valence-corrected chi connectivity index (χ2v) is 4.89. The summed E-state index contributed by atoms with van der Waals surface area (Å²) in [5, 5.41) is 0. The van der Waals surface area contributed by atoms with E-state index in [0.717, 1.165) is 36.6 Å². The van der Waals surface area contributed by atoms with Crippen LogP contribution in [0, 0.1) is 6.92 Å². The van der Waals surface area contributed by atoms with Crippen molar-refractivity contribution in [3.05, 3.63) is 47.9 Å². The SMILES string of the molecule is COc1ccc(CCCN(C)c2cncc(C)n2)cc1. The van der Waals surface area contributed by atoms with Crippen LogP contribution in [0.5, 0.6) is 5.75 Å². The van der Waals surface area contributed by atoms with E-state index in [-0.39, 0.29) is 0 Å². The Morgan fingerprint density at radius 1 is 1.15 bits per heavy atom. The Morgan fingerprint density at radius 2 is 1.90 bits per heavy atom. The molecule has 4 heteroatoms. The smallest absolute Gasteiger partial charge is 0.147 e. The predicted octanol–water partition coefficient (Wildman–Crippen LogP) is 2.86. The molecule has 2 rings (SSSR count). The van der Waals surface area contributed by atoms with Crippen LogP contribution in [0.15, 0.2) is 36.7 Å². The molecule has 0 saturated heterocycles. The Bertz CT molecular complexity index is 540. The largest absolute Gasteiger partial charge is 0.497 e. The van der Waals surface area contributed by atoms with Crippen LogP contribution in [0.3, 0.4) is 0 Å². The first-order valence-corrected chi connectivity index (χ1v) is 6.82. The average Bonchev–Trinajstić information content (AvgIpc) is 2.48. The van der Waals surface area contributed by atoms with Gasteiger partial charge < -0.3 is 9.64 Å². The monoisotopic (exact) mass is 271 g/mol. The number of ether oxygens (including phenoxy) is 1. The minimum absolute atomic E-state index is 0.904. The highest BCUT2D eigenvalue weighted by molar-refractivity contribution is 5.34. The van der Waals surface area contributed by atoms with Gasteiger partial charge in [-0.2, -0.15) is 0 Å². The van der Waals surface area contributed by atoms with Crippen molar-refractivity contribution in [2.24, 2.45) is 0 Å². The molecule has 0 fully saturated rings. The first kappa shape index (κ1) is 14.3. The van der Waals surface area contributed by atoms with Crippen molar-refractivity contribution in [1.82, 2.24) is 9.97 Å². The molecule has 0 atom stereocenters. The molecule has 0 amide bonds. The highest BCUT2D eigenvalue weighted by atomic mass is 16.5. The molecular formula is C16H21N3O. The molecule has 0 unspecified atom stereocenters. The Balaban J connectivity index is 1.82. The topological polar surface area (TPSA) is 38.2 Å². The van der Waals surface area contributed by atoms with Gasteiger partial charge in [-0.25, -0.2) is 4.98 Å². The van der Waals surface area contributed by atoms with E-state index >= 15 is 0 Å². The molecule has 1 heterocycles. The lowest BCUT2D eigenvalue weighted by molar-refractivity contribution is 0.414. The lowest BCUT2D eigenvalue weighted by Crippen LogP contribution is -2.20. The summed E-state index contributed by atoms with van der Waals surface area (Å²) in [5.74, 6) is 1.83. The van der Waals surface area contributed by atoms with E-state index in [1.54, 1.807) is 19.5 Å².